The van der Waals surface area contributed by atoms with Crippen LogP contribution in [0.2, 0.25) is 0 Å². The van der Waals surface area contributed by atoms with E-state index in [0.717, 1.165) is 31.4 Å². The topological polar surface area (TPSA) is 49.4 Å². The second-order valence-electron chi connectivity index (χ2n) is 6.67. The van der Waals surface area contributed by atoms with Gasteiger partial charge in [0.05, 0.1) is 5.56 Å². The first-order chi connectivity index (χ1) is 12.3. The fourth-order valence-corrected chi connectivity index (χ4v) is 3.07. The first kappa shape index (κ1) is 20.3. The van der Waals surface area contributed by atoms with Crippen LogP contribution in [-0.4, -0.2) is 35.8 Å². The Morgan fingerprint density at radius 2 is 1.73 bits per heavy atom. The van der Waals surface area contributed by atoms with Gasteiger partial charge in [0.1, 0.15) is 0 Å². The third kappa shape index (κ3) is 6.04. The van der Waals surface area contributed by atoms with Gasteiger partial charge in [-0.3, -0.25) is 9.59 Å². The Balaban J connectivity index is 1.74. The van der Waals surface area contributed by atoms with Gasteiger partial charge >= 0.3 is 6.18 Å². The number of alkyl halides is 3. The van der Waals surface area contributed by atoms with Gasteiger partial charge in [-0.25, -0.2) is 0 Å². The van der Waals surface area contributed by atoms with Crippen LogP contribution in [0.4, 0.5) is 13.2 Å². The maximum absolute atomic E-state index is 12.5. The van der Waals surface area contributed by atoms with E-state index in [1.54, 1.807) is 4.90 Å². The van der Waals surface area contributed by atoms with Crippen molar-refractivity contribution in [1.82, 2.24) is 10.2 Å². The minimum absolute atomic E-state index is 0.00299. The van der Waals surface area contributed by atoms with Crippen LogP contribution >= 0.6 is 0 Å². The Morgan fingerprint density at radius 3 is 2.27 bits per heavy atom. The molecule has 26 heavy (non-hydrogen) atoms. The molecule has 0 bridgehead atoms. The molecule has 0 spiro atoms. The number of carbonyl (C=O) groups is 2. The molecule has 0 aliphatic carbocycles. The van der Waals surface area contributed by atoms with Crippen molar-refractivity contribution in [2.24, 2.45) is 0 Å². The standard InChI is InChI=1S/C19H25F3N2O2/c1-2-3-17(25)23-16-10-12-24(13-11-16)18(26)9-6-14-4-7-15(8-5-14)19(20,21)22/h4-5,7-8,16H,2-3,6,9-13H2,1H3,(H,23,25). The van der Waals surface area contributed by atoms with E-state index < -0.39 is 11.7 Å². The highest BCUT2D eigenvalue weighted by atomic mass is 19.4. The van der Waals surface area contributed by atoms with E-state index >= 15 is 0 Å². The predicted octanol–water partition coefficient (Wildman–Crippen LogP) is 3.55. The quantitative estimate of drug-likeness (QED) is 0.833. The van der Waals surface area contributed by atoms with E-state index in [1.165, 1.54) is 12.1 Å². The first-order valence-electron chi connectivity index (χ1n) is 9.03. The number of hydrogen-bond donors (Lipinski definition) is 1. The molecular weight excluding hydrogens is 345 g/mol. The molecule has 1 heterocycles. The van der Waals surface area contributed by atoms with Crippen molar-refractivity contribution in [2.45, 2.75) is 57.7 Å². The Labute approximate surface area is 151 Å². The summed E-state index contributed by atoms with van der Waals surface area (Å²) in [4.78, 5) is 25.7. The summed E-state index contributed by atoms with van der Waals surface area (Å²) >= 11 is 0. The van der Waals surface area contributed by atoms with Gasteiger partial charge in [-0.2, -0.15) is 13.2 Å². The van der Waals surface area contributed by atoms with E-state index in [9.17, 15) is 22.8 Å². The number of halogens is 3. The molecule has 1 saturated heterocycles. The molecule has 0 saturated carbocycles. The lowest BCUT2D eigenvalue weighted by Crippen LogP contribution is -2.46. The van der Waals surface area contributed by atoms with E-state index in [1.807, 2.05) is 6.92 Å². The number of rotatable bonds is 6. The predicted molar refractivity (Wildman–Crippen MR) is 92.4 cm³/mol. The molecule has 0 aromatic heterocycles. The molecule has 0 unspecified atom stereocenters. The monoisotopic (exact) mass is 370 g/mol. The van der Waals surface area contributed by atoms with Crippen LogP contribution in [-0.2, 0) is 22.2 Å². The minimum Gasteiger partial charge on any atom is -0.353 e. The molecule has 1 aromatic rings. The summed E-state index contributed by atoms with van der Waals surface area (Å²) in [6.45, 7) is 3.16. The van der Waals surface area contributed by atoms with Crippen molar-refractivity contribution < 1.29 is 22.8 Å². The minimum atomic E-state index is -4.34. The number of nitrogens with one attached hydrogen (secondary N) is 1. The summed E-state index contributed by atoms with van der Waals surface area (Å²) in [6.07, 6.45) is -0.837. The number of nitrogens with zero attached hydrogens (tertiary/aromatic N) is 1. The summed E-state index contributed by atoms with van der Waals surface area (Å²) < 4.78 is 37.6. The van der Waals surface area contributed by atoms with Crippen molar-refractivity contribution >= 4 is 11.8 Å². The molecule has 1 aromatic carbocycles. The maximum atomic E-state index is 12.5. The number of aryl methyl sites for hydroxylation is 1. The van der Waals surface area contributed by atoms with Crippen LogP contribution < -0.4 is 5.32 Å². The number of benzene rings is 1. The van der Waals surface area contributed by atoms with Gasteiger partial charge in [0.25, 0.3) is 0 Å². The summed E-state index contributed by atoms with van der Waals surface area (Å²) in [7, 11) is 0. The third-order valence-electron chi connectivity index (χ3n) is 4.60. The lowest BCUT2D eigenvalue weighted by atomic mass is 10.0. The highest BCUT2D eigenvalue weighted by Gasteiger charge is 2.30. The third-order valence-corrected chi connectivity index (χ3v) is 4.60. The van der Waals surface area contributed by atoms with Gasteiger partial charge in [-0.05, 0) is 43.4 Å². The lowest BCUT2D eigenvalue weighted by Gasteiger charge is -2.32. The Bertz CT molecular complexity index is 606. The maximum Gasteiger partial charge on any atom is 0.416 e. The van der Waals surface area contributed by atoms with Gasteiger partial charge in [0.2, 0.25) is 11.8 Å². The molecule has 1 fully saturated rings. The Hall–Kier alpha value is -2.05. The molecule has 2 amide bonds. The van der Waals surface area contributed by atoms with E-state index in [4.69, 9.17) is 0 Å². The molecule has 4 nitrogen and oxygen atoms in total. The second-order valence-corrected chi connectivity index (χ2v) is 6.67. The summed E-state index contributed by atoms with van der Waals surface area (Å²) in [5.41, 5.74) is 0.0350. The van der Waals surface area contributed by atoms with Crippen molar-refractivity contribution in [1.29, 1.82) is 0 Å². The van der Waals surface area contributed by atoms with Crippen LogP contribution in [0.25, 0.3) is 0 Å². The van der Waals surface area contributed by atoms with Gasteiger partial charge in [0.15, 0.2) is 0 Å². The van der Waals surface area contributed by atoms with Crippen LogP contribution in [0.3, 0.4) is 0 Å². The number of amides is 2. The van der Waals surface area contributed by atoms with E-state index in [0.29, 0.717) is 31.5 Å². The largest absolute Gasteiger partial charge is 0.416 e. The van der Waals surface area contributed by atoms with Gasteiger partial charge in [0, 0.05) is 32.0 Å². The Morgan fingerprint density at radius 1 is 1.12 bits per heavy atom. The smallest absolute Gasteiger partial charge is 0.353 e. The zero-order valence-electron chi connectivity index (χ0n) is 14.9. The van der Waals surface area contributed by atoms with Crippen molar-refractivity contribution in [3.05, 3.63) is 35.4 Å². The lowest BCUT2D eigenvalue weighted by molar-refractivity contribution is -0.137. The molecule has 0 atom stereocenters. The molecular formula is C19H25F3N2O2. The number of likely N-dealkylation sites (tertiary alicyclic amines) is 1. The van der Waals surface area contributed by atoms with Gasteiger partial charge < -0.3 is 10.2 Å². The van der Waals surface area contributed by atoms with Crippen molar-refractivity contribution in [2.75, 3.05) is 13.1 Å². The average Bonchev–Trinajstić information content (AvgIpc) is 2.60. The summed E-state index contributed by atoms with van der Waals surface area (Å²) in [5, 5.41) is 2.99. The molecule has 144 valence electrons. The van der Waals surface area contributed by atoms with Crippen LogP contribution in [0, 0.1) is 0 Å². The SMILES string of the molecule is CCCC(=O)NC1CCN(C(=O)CCc2ccc(C(F)(F)F)cc2)CC1. The molecule has 0 radical (unpaired) electrons. The molecule has 1 aliphatic heterocycles. The van der Waals surface area contributed by atoms with Gasteiger partial charge in [-0.15, -0.1) is 0 Å². The summed E-state index contributed by atoms with van der Waals surface area (Å²) in [5.74, 6) is 0.0582. The van der Waals surface area contributed by atoms with Crippen molar-refractivity contribution in [3.8, 4) is 0 Å². The first-order valence-corrected chi connectivity index (χ1v) is 9.03. The highest BCUT2D eigenvalue weighted by molar-refractivity contribution is 5.77. The van der Waals surface area contributed by atoms with E-state index in [2.05, 4.69) is 5.32 Å². The Kier molecular flexibility index (Phi) is 7.06. The highest BCUT2D eigenvalue weighted by Crippen LogP contribution is 2.29. The van der Waals surface area contributed by atoms with Gasteiger partial charge in [-0.1, -0.05) is 19.1 Å². The normalized spacial score (nSPS) is 15.8. The number of hydrogen-bond acceptors (Lipinski definition) is 2. The zero-order valence-corrected chi connectivity index (χ0v) is 14.9. The van der Waals surface area contributed by atoms with Crippen molar-refractivity contribution in [3.63, 3.8) is 0 Å². The van der Waals surface area contributed by atoms with Crippen LogP contribution in [0.15, 0.2) is 24.3 Å². The molecule has 2 rings (SSSR count). The second kappa shape index (κ2) is 9.05. The summed E-state index contributed by atoms with van der Waals surface area (Å²) in [6, 6.07) is 5.05. The molecule has 7 heteroatoms. The molecule has 1 aliphatic rings. The fourth-order valence-electron chi connectivity index (χ4n) is 3.07. The van der Waals surface area contributed by atoms with Crippen LogP contribution in [0.5, 0.6) is 0 Å². The number of piperidine rings is 1. The van der Waals surface area contributed by atoms with Crippen LogP contribution in [0.1, 0.15) is 50.2 Å². The van der Waals surface area contributed by atoms with E-state index in [-0.39, 0.29) is 24.3 Å². The average molecular weight is 370 g/mol. The zero-order chi connectivity index (χ0) is 19.2. The fraction of sp³-hybridized carbons (Fsp3) is 0.579. The number of carbonyl (C=O) groups excluding carboxylic acids is 2. The molecule has 1 N–H and O–H groups in total.